The first-order valence-electron chi connectivity index (χ1n) is 8.81. The number of rotatable bonds is 8. The molecule has 0 saturated heterocycles. The molecule has 0 aliphatic rings. The van der Waals surface area contributed by atoms with Crippen LogP contribution in [0.5, 0.6) is 5.75 Å². The topological polar surface area (TPSA) is 50.4 Å². The van der Waals surface area contributed by atoms with E-state index in [-0.39, 0.29) is 12.0 Å². The molecule has 2 aromatic carbocycles. The van der Waals surface area contributed by atoms with Gasteiger partial charge in [-0.05, 0) is 55.7 Å². The van der Waals surface area contributed by atoms with Gasteiger partial charge in [0.2, 0.25) is 5.91 Å². The van der Waals surface area contributed by atoms with Crippen LogP contribution in [0.25, 0.3) is 0 Å². The molecule has 0 spiro atoms. The minimum Gasteiger partial charge on any atom is -0.491 e. The first-order chi connectivity index (χ1) is 11.9. The second-order valence-corrected chi connectivity index (χ2v) is 6.89. The number of amides is 1. The molecule has 0 fully saturated rings. The average molecular weight is 340 g/mol. The molecule has 0 atom stereocenters. The zero-order valence-electron chi connectivity index (χ0n) is 15.5. The van der Waals surface area contributed by atoms with Crippen LogP contribution in [-0.4, -0.2) is 12.0 Å². The summed E-state index contributed by atoms with van der Waals surface area (Å²) in [6, 6.07) is 15.9. The fourth-order valence-corrected chi connectivity index (χ4v) is 2.49. The summed E-state index contributed by atoms with van der Waals surface area (Å²) in [4.78, 5) is 11.9. The van der Waals surface area contributed by atoms with Crippen molar-refractivity contribution in [3.8, 4) is 5.75 Å². The van der Waals surface area contributed by atoms with Crippen molar-refractivity contribution in [1.29, 1.82) is 0 Å². The number of anilines is 2. The number of hydrogen-bond donors (Lipinski definition) is 2. The lowest BCUT2D eigenvalue weighted by molar-refractivity contribution is -0.116. The number of nitrogens with one attached hydrogen (secondary N) is 2. The van der Waals surface area contributed by atoms with Gasteiger partial charge in [-0.3, -0.25) is 4.79 Å². The van der Waals surface area contributed by atoms with Crippen LogP contribution >= 0.6 is 0 Å². The quantitative estimate of drug-likeness (QED) is 0.705. The Morgan fingerprint density at radius 2 is 1.72 bits per heavy atom. The third-order valence-electron chi connectivity index (χ3n) is 3.51. The van der Waals surface area contributed by atoms with Gasteiger partial charge < -0.3 is 15.4 Å². The molecule has 0 aliphatic carbocycles. The maximum atomic E-state index is 11.9. The molecule has 25 heavy (non-hydrogen) atoms. The molecule has 0 heterocycles. The van der Waals surface area contributed by atoms with Gasteiger partial charge in [-0.25, -0.2) is 0 Å². The van der Waals surface area contributed by atoms with Gasteiger partial charge in [0.1, 0.15) is 5.75 Å². The van der Waals surface area contributed by atoms with Crippen molar-refractivity contribution in [3.05, 3.63) is 54.1 Å². The van der Waals surface area contributed by atoms with Gasteiger partial charge in [0.15, 0.2) is 0 Å². The van der Waals surface area contributed by atoms with Gasteiger partial charge in [0, 0.05) is 24.3 Å². The summed E-state index contributed by atoms with van der Waals surface area (Å²) in [7, 11) is 0. The van der Waals surface area contributed by atoms with E-state index < -0.39 is 0 Å². The Morgan fingerprint density at radius 3 is 2.44 bits per heavy atom. The molecular formula is C21H28N2O2. The van der Waals surface area contributed by atoms with E-state index in [0.29, 0.717) is 18.9 Å². The monoisotopic (exact) mass is 340 g/mol. The summed E-state index contributed by atoms with van der Waals surface area (Å²) >= 11 is 0. The lowest BCUT2D eigenvalue weighted by atomic mass is 10.1. The molecule has 0 unspecified atom stereocenters. The molecule has 0 saturated carbocycles. The van der Waals surface area contributed by atoms with Crippen molar-refractivity contribution in [1.82, 2.24) is 0 Å². The Hall–Kier alpha value is -2.49. The van der Waals surface area contributed by atoms with Gasteiger partial charge in [0.25, 0.3) is 0 Å². The van der Waals surface area contributed by atoms with Crippen LogP contribution in [0.2, 0.25) is 0 Å². The number of benzene rings is 2. The maximum absolute atomic E-state index is 11.9. The van der Waals surface area contributed by atoms with E-state index in [1.54, 1.807) is 0 Å². The van der Waals surface area contributed by atoms with Crippen LogP contribution < -0.4 is 15.4 Å². The molecular weight excluding hydrogens is 312 g/mol. The third-order valence-corrected chi connectivity index (χ3v) is 3.51. The van der Waals surface area contributed by atoms with E-state index >= 15 is 0 Å². The van der Waals surface area contributed by atoms with E-state index in [9.17, 15) is 4.79 Å². The SMILES string of the molecule is CC(C)CC(=O)Nc1cccc(NCc2cccc(OC(C)C)c2)c1. The summed E-state index contributed by atoms with van der Waals surface area (Å²) in [6.45, 7) is 8.80. The summed E-state index contributed by atoms with van der Waals surface area (Å²) in [6.07, 6.45) is 0.690. The molecule has 4 nitrogen and oxygen atoms in total. The van der Waals surface area contributed by atoms with Crippen molar-refractivity contribution in [2.45, 2.75) is 46.8 Å². The third kappa shape index (κ3) is 6.87. The minimum atomic E-state index is 0.0469. The fraction of sp³-hybridized carbons (Fsp3) is 0.381. The van der Waals surface area contributed by atoms with E-state index in [4.69, 9.17) is 4.74 Å². The van der Waals surface area contributed by atoms with Gasteiger partial charge in [-0.2, -0.15) is 0 Å². The molecule has 0 radical (unpaired) electrons. The number of ether oxygens (including phenoxy) is 1. The largest absolute Gasteiger partial charge is 0.491 e. The van der Waals surface area contributed by atoms with Crippen LogP contribution in [0.4, 0.5) is 11.4 Å². The van der Waals surface area contributed by atoms with Crippen molar-refractivity contribution in [3.63, 3.8) is 0 Å². The Labute approximate surface area is 150 Å². The van der Waals surface area contributed by atoms with Crippen LogP contribution in [0, 0.1) is 5.92 Å². The van der Waals surface area contributed by atoms with Crippen LogP contribution in [-0.2, 0) is 11.3 Å². The van der Waals surface area contributed by atoms with Crippen molar-refractivity contribution in [2.24, 2.45) is 5.92 Å². The van der Waals surface area contributed by atoms with Crippen molar-refractivity contribution >= 4 is 17.3 Å². The lowest BCUT2D eigenvalue weighted by Crippen LogP contribution is -2.13. The predicted octanol–water partition coefficient (Wildman–Crippen LogP) is 5.07. The Bertz CT molecular complexity index is 696. The first kappa shape index (κ1) is 18.8. The molecule has 134 valence electrons. The standard InChI is InChI=1S/C21H28N2O2/c1-15(2)11-21(24)23-19-9-6-8-18(13-19)22-14-17-7-5-10-20(12-17)25-16(3)4/h5-10,12-13,15-16,22H,11,14H2,1-4H3,(H,23,24). The number of carbonyl (C=O) groups excluding carboxylic acids is 1. The van der Waals surface area contributed by atoms with Crippen LogP contribution in [0.3, 0.4) is 0 Å². The first-order valence-corrected chi connectivity index (χ1v) is 8.81. The van der Waals surface area contributed by atoms with E-state index in [1.165, 1.54) is 0 Å². The molecule has 0 aliphatic heterocycles. The summed E-state index contributed by atoms with van der Waals surface area (Å²) in [5.74, 6) is 1.27. The van der Waals surface area contributed by atoms with Crippen molar-refractivity contribution in [2.75, 3.05) is 10.6 Å². The van der Waals surface area contributed by atoms with Gasteiger partial charge in [0.05, 0.1) is 6.10 Å². The highest BCUT2D eigenvalue weighted by molar-refractivity contribution is 5.91. The van der Waals surface area contributed by atoms with Crippen LogP contribution in [0.15, 0.2) is 48.5 Å². The van der Waals surface area contributed by atoms with E-state index in [0.717, 1.165) is 22.7 Å². The van der Waals surface area contributed by atoms with Crippen molar-refractivity contribution < 1.29 is 9.53 Å². The smallest absolute Gasteiger partial charge is 0.224 e. The summed E-state index contributed by atoms with van der Waals surface area (Å²) in [5, 5.41) is 6.33. The van der Waals surface area contributed by atoms with Crippen LogP contribution in [0.1, 0.15) is 39.7 Å². The second-order valence-electron chi connectivity index (χ2n) is 6.89. The Morgan fingerprint density at radius 1 is 1.00 bits per heavy atom. The molecule has 1 amide bonds. The molecule has 0 bridgehead atoms. The summed E-state index contributed by atoms with van der Waals surface area (Å²) in [5.41, 5.74) is 2.93. The van der Waals surface area contributed by atoms with E-state index in [1.807, 2.05) is 70.2 Å². The average Bonchev–Trinajstić information content (AvgIpc) is 2.52. The highest BCUT2D eigenvalue weighted by Gasteiger charge is 2.06. The number of hydrogen-bond acceptors (Lipinski definition) is 3. The zero-order valence-corrected chi connectivity index (χ0v) is 15.5. The van der Waals surface area contributed by atoms with Gasteiger partial charge >= 0.3 is 0 Å². The summed E-state index contributed by atoms with van der Waals surface area (Å²) < 4.78 is 5.73. The molecule has 0 aromatic heterocycles. The Balaban J connectivity index is 1.95. The highest BCUT2D eigenvalue weighted by atomic mass is 16.5. The Kier molecular flexibility index (Phi) is 6.87. The zero-order chi connectivity index (χ0) is 18.2. The molecule has 2 aromatic rings. The maximum Gasteiger partial charge on any atom is 0.224 e. The molecule has 2 N–H and O–H groups in total. The predicted molar refractivity (Wildman–Crippen MR) is 104 cm³/mol. The second kappa shape index (κ2) is 9.11. The minimum absolute atomic E-state index is 0.0469. The van der Waals surface area contributed by atoms with E-state index in [2.05, 4.69) is 16.7 Å². The number of carbonyl (C=O) groups is 1. The normalized spacial score (nSPS) is 10.8. The highest BCUT2D eigenvalue weighted by Crippen LogP contribution is 2.19. The van der Waals surface area contributed by atoms with Gasteiger partial charge in [-0.15, -0.1) is 0 Å². The fourth-order valence-electron chi connectivity index (χ4n) is 2.49. The van der Waals surface area contributed by atoms with Gasteiger partial charge in [-0.1, -0.05) is 32.0 Å². The molecule has 4 heteroatoms. The molecule has 2 rings (SSSR count). The lowest BCUT2D eigenvalue weighted by Gasteiger charge is -2.13.